The van der Waals surface area contributed by atoms with E-state index in [4.69, 9.17) is 0 Å². The Morgan fingerprint density at radius 3 is 2.26 bits per heavy atom. The molecule has 1 aromatic carbocycles. The normalized spacial score (nSPS) is 17.2. The minimum Gasteiger partial charge on any atom is -0.339 e. The first-order valence-electron chi connectivity index (χ1n) is 10.0. The van der Waals surface area contributed by atoms with Crippen LogP contribution in [0.3, 0.4) is 0 Å². The first-order chi connectivity index (χ1) is 13.2. The van der Waals surface area contributed by atoms with Gasteiger partial charge in [0.15, 0.2) is 0 Å². The molecule has 1 aliphatic carbocycles. The number of benzene rings is 1. The molecule has 0 unspecified atom stereocenters. The molecule has 144 valence electrons. The lowest BCUT2D eigenvalue weighted by Gasteiger charge is -2.24. The minimum absolute atomic E-state index is 0.0496. The molecule has 1 aliphatic heterocycles. The third-order valence-corrected chi connectivity index (χ3v) is 5.45. The van der Waals surface area contributed by atoms with Gasteiger partial charge in [-0.15, -0.1) is 0 Å². The van der Waals surface area contributed by atoms with Gasteiger partial charge in [0.2, 0.25) is 0 Å². The summed E-state index contributed by atoms with van der Waals surface area (Å²) in [5, 5.41) is 3.38. The minimum atomic E-state index is -0.120. The van der Waals surface area contributed by atoms with Crippen molar-refractivity contribution in [2.45, 2.75) is 39.5 Å². The van der Waals surface area contributed by atoms with E-state index in [9.17, 15) is 9.18 Å². The van der Waals surface area contributed by atoms with Crippen LogP contribution in [0.2, 0.25) is 0 Å². The molecule has 1 amide bonds. The van der Waals surface area contributed by atoms with Gasteiger partial charge in [0.25, 0.3) is 5.91 Å². The first kappa shape index (κ1) is 19.6. The number of amides is 1. The van der Waals surface area contributed by atoms with Crippen LogP contribution in [0.15, 0.2) is 53.4 Å². The Hall–Kier alpha value is -2.20. The zero-order valence-electron chi connectivity index (χ0n) is 16.4. The van der Waals surface area contributed by atoms with Crippen LogP contribution in [-0.2, 0) is 0 Å². The molecule has 1 aromatic rings. The summed E-state index contributed by atoms with van der Waals surface area (Å²) in [5.74, 6) is -0.0702. The molecule has 3 nitrogen and oxygen atoms in total. The summed E-state index contributed by atoms with van der Waals surface area (Å²) in [4.78, 5) is 14.4. The summed E-state index contributed by atoms with van der Waals surface area (Å²) in [6, 6.07) is 7.74. The number of piperidine rings is 1. The zero-order valence-corrected chi connectivity index (χ0v) is 16.4. The molecule has 27 heavy (non-hydrogen) atoms. The molecule has 0 spiro atoms. The second-order valence-corrected chi connectivity index (χ2v) is 7.05. The maximum Gasteiger partial charge on any atom is 0.253 e. The predicted molar refractivity (Wildman–Crippen MR) is 109 cm³/mol. The molecule has 0 saturated carbocycles. The van der Waals surface area contributed by atoms with E-state index in [1.54, 1.807) is 6.08 Å². The molecule has 4 heteroatoms. The fraction of sp³-hybridized carbons (Fsp3) is 0.435. The van der Waals surface area contributed by atoms with Crippen LogP contribution < -0.4 is 5.32 Å². The van der Waals surface area contributed by atoms with Crippen LogP contribution in [0.1, 0.15) is 55.5 Å². The van der Waals surface area contributed by atoms with Gasteiger partial charge in [0, 0.05) is 18.7 Å². The van der Waals surface area contributed by atoms with Crippen molar-refractivity contribution >= 4 is 11.5 Å². The standard InChI is InChI=1S/C23H29FN2O/c1-3-26(4-2)23(27)19-11-9-17(10-12-19)22(18-13-15-25-16-14-18)20-7-5-6-8-21(20)24/h6,8-12,25H,3-5,7,13-16H2,1-2H3. The van der Waals surface area contributed by atoms with Crippen LogP contribution in [0.5, 0.6) is 0 Å². The molecule has 3 rings (SSSR count). The summed E-state index contributed by atoms with van der Waals surface area (Å²) >= 11 is 0. The van der Waals surface area contributed by atoms with E-state index in [-0.39, 0.29) is 11.7 Å². The number of hydrogen-bond donors (Lipinski definition) is 1. The smallest absolute Gasteiger partial charge is 0.253 e. The van der Waals surface area contributed by atoms with Crippen LogP contribution >= 0.6 is 0 Å². The summed E-state index contributed by atoms with van der Waals surface area (Å²) in [6.07, 6.45) is 6.98. The Bertz CT molecular complexity index is 762. The number of nitrogens with one attached hydrogen (secondary N) is 1. The maximum atomic E-state index is 14.6. The Morgan fingerprint density at radius 1 is 1.04 bits per heavy atom. The number of carbonyl (C=O) groups excluding carboxylic acids is 1. The van der Waals surface area contributed by atoms with Crippen molar-refractivity contribution < 1.29 is 9.18 Å². The van der Waals surface area contributed by atoms with Crippen LogP contribution in [0.4, 0.5) is 4.39 Å². The molecule has 1 heterocycles. The molecule has 1 N–H and O–H groups in total. The summed E-state index contributed by atoms with van der Waals surface area (Å²) < 4.78 is 14.6. The molecule has 0 bridgehead atoms. The van der Waals surface area contributed by atoms with Gasteiger partial charge < -0.3 is 10.2 Å². The van der Waals surface area contributed by atoms with E-state index in [0.717, 1.165) is 55.5 Å². The van der Waals surface area contributed by atoms with Gasteiger partial charge >= 0.3 is 0 Å². The highest BCUT2D eigenvalue weighted by atomic mass is 19.1. The van der Waals surface area contributed by atoms with Gasteiger partial charge in [-0.25, -0.2) is 4.39 Å². The highest BCUT2D eigenvalue weighted by Crippen LogP contribution is 2.37. The van der Waals surface area contributed by atoms with Gasteiger partial charge in [-0.3, -0.25) is 4.79 Å². The fourth-order valence-electron chi connectivity index (χ4n) is 3.92. The second kappa shape index (κ2) is 9.14. The Balaban J connectivity index is 1.99. The highest BCUT2D eigenvalue weighted by molar-refractivity contribution is 5.95. The van der Waals surface area contributed by atoms with E-state index < -0.39 is 0 Å². The van der Waals surface area contributed by atoms with Gasteiger partial charge in [-0.05, 0) is 87.5 Å². The van der Waals surface area contributed by atoms with Gasteiger partial charge in [0.1, 0.15) is 5.83 Å². The number of nitrogens with zero attached hydrogens (tertiary/aromatic N) is 1. The van der Waals surface area contributed by atoms with Gasteiger partial charge in [0.05, 0.1) is 0 Å². The predicted octanol–water partition coefficient (Wildman–Crippen LogP) is 4.88. The van der Waals surface area contributed by atoms with Crippen molar-refractivity contribution in [2.24, 2.45) is 0 Å². The first-order valence-corrected chi connectivity index (χ1v) is 10.0. The lowest BCUT2D eigenvalue weighted by molar-refractivity contribution is 0.0773. The Labute approximate surface area is 161 Å². The number of halogens is 1. The number of rotatable bonds is 5. The average Bonchev–Trinajstić information content (AvgIpc) is 2.72. The molecule has 0 aromatic heterocycles. The second-order valence-electron chi connectivity index (χ2n) is 7.05. The summed E-state index contributed by atoms with van der Waals surface area (Å²) in [5.41, 5.74) is 4.90. The van der Waals surface area contributed by atoms with Crippen molar-refractivity contribution in [3.63, 3.8) is 0 Å². The topological polar surface area (TPSA) is 32.3 Å². The highest BCUT2D eigenvalue weighted by Gasteiger charge is 2.21. The molecular weight excluding hydrogens is 339 g/mol. The third-order valence-electron chi connectivity index (χ3n) is 5.45. The van der Waals surface area contributed by atoms with E-state index in [0.29, 0.717) is 18.7 Å². The van der Waals surface area contributed by atoms with Crippen LogP contribution in [0.25, 0.3) is 5.57 Å². The molecule has 0 atom stereocenters. The van der Waals surface area contributed by atoms with Crippen LogP contribution in [-0.4, -0.2) is 37.0 Å². The maximum absolute atomic E-state index is 14.6. The zero-order chi connectivity index (χ0) is 19.2. The largest absolute Gasteiger partial charge is 0.339 e. The van der Waals surface area contributed by atoms with Crippen molar-refractivity contribution in [2.75, 3.05) is 26.2 Å². The lowest BCUT2D eigenvalue weighted by Crippen LogP contribution is -2.30. The average molecular weight is 368 g/mol. The van der Waals surface area contributed by atoms with E-state index in [1.165, 1.54) is 5.57 Å². The van der Waals surface area contributed by atoms with Crippen molar-refractivity contribution in [3.05, 3.63) is 64.5 Å². The van der Waals surface area contributed by atoms with E-state index >= 15 is 0 Å². The molecule has 1 fully saturated rings. The van der Waals surface area contributed by atoms with Gasteiger partial charge in [-0.2, -0.15) is 0 Å². The number of hydrogen-bond acceptors (Lipinski definition) is 2. The lowest BCUT2D eigenvalue weighted by atomic mass is 9.84. The Morgan fingerprint density at radius 2 is 1.67 bits per heavy atom. The Kier molecular flexibility index (Phi) is 6.62. The van der Waals surface area contributed by atoms with E-state index in [2.05, 4.69) is 5.32 Å². The van der Waals surface area contributed by atoms with Gasteiger partial charge in [-0.1, -0.05) is 23.8 Å². The monoisotopic (exact) mass is 368 g/mol. The van der Waals surface area contributed by atoms with Crippen molar-refractivity contribution in [3.8, 4) is 0 Å². The van der Waals surface area contributed by atoms with E-state index in [1.807, 2.05) is 49.1 Å². The van der Waals surface area contributed by atoms with Crippen molar-refractivity contribution in [1.29, 1.82) is 0 Å². The fourth-order valence-corrected chi connectivity index (χ4v) is 3.92. The quantitative estimate of drug-likeness (QED) is 0.803. The molecule has 0 radical (unpaired) electrons. The summed E-state index contributed by atoms with van der Waals surface area (Å²) in [6.45, 7) is 7.24. The van der Waals surface area contributed by atoms with Crippen LogP contribution in [0, 0.1) is 0 Å². The summed E-state index contributed by atoms with van der Waals surface area (Å²) in [7, 11) is 0. The number of carbonyl (C=O) groups is 1. The third kappa shape index (κ3) is 4.38. The molecular formula is C23H29FN2O. The SMILES string of the molecule is CCN(CC)C(=O)c1ccc(C(=C2CCNCC2)C2=C(F)C=CCC2)cc1. The molecule has 1 saturated heterocycles. The molecule has 2 aliphatic rings. The number of allylic oxidation sites excluding steroid dienone is 5. The van der Waals surface area contributed by atoms with Crippen molar-refractivity contribution in [1.82, 2.24) is 10.2 Å².